The minimum atomic E-state index is -0.756. The highest BCUT2D eigenvalue weighted by atomic mass is 16.5. The first kappa shape index (κ1) is 14.2. The van der Waals surface area contributed by atoms with Crippen LogP contribution in [0.4, 0.5) is 5.95 Å². The van der Waals surface area contributed by atoms with Crippen molar-refractivity contribution in [3.05, 3.63) is 22.1 Å². The molecule has 0 spiro atoms. The van der Waals surface area contributed by atoms with Crippen molar-refractivity contribution in [2.24, 2.45) is 5.92 Å². The average molecular weight is 281 g/mol. The first-order valence-corrected chi connectivity index (χ1v) is 6.24. The van der Waals surface area contributed by atoms with Crippen molar-refractivity contribution in [1.29, 1.82) is 0 Å². The zero-order chi connectivity index (χ0) is 14.7. The van der Waals surface area contributed by atoms with Crippen LogP contribution in [0.5, 0.6) is 0 Å². The van der Waals surface area contributed by atoms with Gasteiger partial charge in [-0.25, -0.2) is 9.78 Å². The van der Waals surface area contributed by atoms with Gasteiger partial charge < -0.3 is 9.84 Å². The molecule has 1 amide bonds. The third kappa shape index (κ3) is 2.69. The molecule has 8 heteroatoms. The maximum atomic E-state index is 11.8. The van der Waals surface area contributed by atoms with Gasteiger partial charge in [0, 0.05) is 25.5 Å². The van der Waals surface area contributed by atoms with Crippen LogP contribution in [-0.2, 0) is 9.53 Å². The number of H-pyrrole nitrogens is 1. The summed E-state index contributed by atoms with van der Waals surface area (Å²) in [6.07, 6.45) is 1.30. The third-order valence-electron chi connectivity index (χ3n) is 3.00. The molecule has 0 aliphatic carbocycles. The molecule has 8 nitrogen and oxygen atoms in total. The van der Waals surface area contributed by atoms with Crippen LogP contribution >= 0.6 is 0 Å². The Balaban J connectivity index is 2.24. The number of aliphatic hydroxyl groups is 1. The number of aliphatic hydroxyl groups excluding tert-OH is 1. The molecule has 1 saturated heterocycles. The molecule has 0 saturated carbocycles. The highest BCUT2D eigenvalue weighted by Crippen LogP contribution is 2.20. The Morgan fingerprint density at radius 1 is 1.60 bits per heavy atom. The Labute approximate surface area is 114 Å². The molecule has 2 rings (SSSR count). The molecule has 1 aliphatic heterocycles. The molecule has 1 aromatic heterocycles. The second kappa shape index (κ2) is 5.83. The molecule has 2 N–H and O–H groups in total. The van der Waals surface area contributed by atoms with Crippen LogP contribution in [0.15, 0.2) is 11.0 Å². The van der Waals surface area contributed by atoms with E-state index in [1.54, 1.807) is 6.92 Å². The predicted octanol–water partition coefficient (Wildman–Crippen LogP) is -0.708. The zero-order valence-electron chi connectivity index (χ0n) is 11.0. The summed E-state index contributed by atoms with van der Waals surface area (Å²) in [5.74, 6) is -1.08. The molecular weight excluding hydrogens is 266 g/mol. The average Bonchev–Trinajstić information content (AvgIpc) is 2.80. The lowest BCUT2D eigenvalue weighted by molar-refractivity contribution is -0.117. The smallest absolute Gasteiger partial charge is 0.345 e. The number of hydrogen-bond acceptors (Lipinski definition) is 6. The Morgan fingerprint density at radius 3 is 2.90 bits per heavy atom. The number of aromatic amines is 1. The molecule has 1 aliphatic rings. The number of amides is 1. The number of ether oxygens (including phenoxy) is 1. The van der Waals surface area contributed by atoms with Gasteiger partial charge in [0.05, 0.1) is 12.8 Å². The minimum absolute atomic E-state index is 0.0731. The molecule has 0 bridgehead atoms. The van der Waals surface area contributed by atoms with Crippen LogP contribution in [0.3, 0.4) is 0 Å². The van der Waals surface area contributed by atoms with Crippen LogP contribution in [0.1, 0.15) is 23.7 Å². The zero-order valence-corrected chi connectivity index (χ0v) is 11.0. The summed E-state index contributed by atoms with van der Waals surface area (Å²) in [6, 6.07) is 0. The number of hydrogen-bond donors (Lipinski definition) is 2. The highest BCUT2D eigenvalue weighted by Gasteiger charge is 2.31. The van der Waals surface area contributed by atoms with Crippen molar-refractivity contribution in [2.45, 2.75) is 13.3 Å². The molecule has 1 unspecified atom stereocenters. The standard InChI is InChI=1S/C12H15N3O5/c1-2-20-11(19)8-4-13-12(14-10(8)18)15-5-7(6-16)3-9(15)17/h4,7,16H,2-3,5-6H2,1H3,(H,13,14,18). The van der Waals surface area contributed by atoms with Gasteiger partial charge in [-0.05, 0) is 6.92 Å². The van der Waals surface area contributed by atoms with Gasteiger partial charge in [0.1, 0.15) is 5.56 Å². The van der Waals surface area contributed by atoms with E-state index in [1.165, 1.54) is 4.90 Å². The second-order valence-corrected chi connectivity index (χ2v) is 4.43. The van der Waals surface area contributed by atoms with Gasteiger partial charge in [0.2, 0.25) is 11.9 Å². The molecule has 1 aromatic rings. The number of esters is 1. The van der Waals surface area contributed by atoms with Crippen LogP contribution in [0, 0.1) is 5.92 Å². The summed E-state index contributed by atoms with van der Waals surface area (Å²) in [5, 5.41) is 9.05. The van der Waals surface area contributed by atoms with Crippen molar-refractivity contribution in [1.82, 2.24) is 9.97 Å². The lowest BCUT2D eigenvalue weighted by Crippen LogP contribution is -2.30. The van der Waals surface area contributed by atoms with E-state index >= 15 is 0 Å². The fourth-order valence-corrected chi connectivity index (χ4v) is 1.99. The van der Waals surface area contributed by atoms with Crippen molar-refractivity contribution >= 4 is 17.8 Å². The quantitative estimate of drug-likeness (QED) is 0.705. The number of rotatable bonds is 4. The molecule has 1 fully saturated rings. The van der Waals surface area contributed by atoms with Crippen LogP contribution in [0.25, 0.3) is 0 Å². The Hall–Kier alpha value is -2.22. The van der Waals surface area contributed by atoms with Crippen LogP contribution in [0.2, 0.25) is 0 Å². The van der Waals surface area contributed by atoms with Crippen LogP contribution in [-0.4, -0.2) is 46.7 Å². The van der Waals surface area contributed by atoms with E-state index in [0.717, 1.165) is 6.20 Å². The number of aromatic nitrogens is 2. The molecule has 0 radical (unpaired) electrons. The van der Waals surface area contributed by atoms with Crippen LogP contribution < -0.4 is 10.5 Å². The van der Waals surface area contributed by atoms with E-state index in [1.807, 2.05) is 0 Å². The van der Waals surface area contributed by atoms with Gasteiger partial charge >= 0.3 is 5.97 Å². The summed E-state index contributed by atoms with van der Waals surface area (Å²) in [4.78, 5) is 42.6. The normalized spacial score (nSPS) is 18.4. The molecule has 1 atom stereocenters. The lowest BCUT2D eigenvalue weighted by Gasteiger charge is -2.14. The molecular formula is C12H15N3O5. The van der Waals surface area contributed by atoms with Gasteiger partial charge in [-0.3, -0.25) is 19.5 Å². The SMILES string of the molecule is CCOC(=O)c1cnc(N2CC(CO)CC2=O)[nH]c1=O. The van der Waals surface area contributed by atoms with E-state index in [-0.39, 0.29) is 49.5 Å². The van der Waals surface area contributed by atoms with E-state index < -0.39 is 11.5 Å². The summed E-state index contributed by atoms with van der Waals surface area (Å²) in [6.45, 7) is 1.97. The topological polar surface area (TPSA) is 113 Å². The fraction of sp³-hybridized carbons (Fsp3) is 0.500. The number of nitrogens with one attached hydrogen (secondary N) is 1. The summed E-state index contributed by atoms with van der Waals surface area (Å²) >= 11 is 0. The maximum Gasteiger partial charge on any atom is 0.345 e. The minimum Gasteiger partial charge on any atom is -0.462 e. The van der Waals surface area contributed by atoms with Gasteiger partial charge in [-0.1, -0.05) is 0 Å². The number of carbonyl (C=O) groups excluding carboxylic acids is 2. The Bertz CT molecular complexity index is 583. The van der Waals surface area contributed by atoms with Crippen molar-refractivity contribution < 1.29 is 19.4 Å². The number of nitrogens with zero attached hydrogens (tertiary/aromatic N) is 2. The Kier molecular flexibility index (Phi) is 4.14. The van der Waals surface area contributed by atoms with Crippen molar-refractivity contribution in [3.63, 3.8) is 0 Å². The number of carbonyl (C=O) groups is 2. The second-order valence-electron chi connectivity index (χ2n) is 4.43. The fourth-order valence-electron chi connectivity index (χ4n) is 1.99. The summed E-state index contributed by atoms with van der Waals surface area (Å²) < 4.78 is 4.72. The Morgan fingerprint density at radius 2 is 2.35 bits per heavy atom. The number of anilines is 1. The van der Waals surface area contributed by atoms with Gasteiger partial charge in [0.25, 0.3) is 5.56 Å². The monoisotopic (exact) mass is 281 g/mol. The molecule has 0 aromatic carbocycles. The van der Waals surface area contributed by atoms with Gasteiger partial charge in [-0.2, -0.15) is 0 Å². The van der Waals surface area contributed by atoms with Gasteiger partial charge in [-0.15, -0.1) is 0 Å². The summed E-state index contributed by atoms with van der Waals surface area (Å²) in [5.41, 5.74) is -0.866. The predicted molar refractivity (Wildman–Crippen MR) is 68.4 cm³/mol. The molecule has 108 valence electrons. The van der Waals surface area contributed by atoms with Crippen molar-refractivity contribution in [3.8, 4) is 0 Å². The highest BCUT2D eigenvalue weighted by molar-refractivity contribution is 5.94. The summed E-state index contributed by atoms with van der Waals surface area (Å²) in [7, 11) is 0. The molecule has 2 heterocycles. The third-order valence-corrected chi connectivity index (χ3v) is 3.00. The van der Waals surface area contributed by atoms with Crippen molar-refractivity contribution in [2.75, 3.05) is 24.7 Å². The van der Waals surface area contributed by atoms with E-state index in [2.05, 4.69) is 9.97 Å². The first-order valence-electron chi connectivity index (χ1n) is 6.24. The van der Waals surface area contributed by atoms with E-state index in [4.69, 9.17) is 9.84 Å². The largest absolute Gasteiger partial charge is 0.462 e. The lowest BCUT2D eigenvalue weighted by atomic mass is 10.1. The van der Waals surface area contributed by atoms with Gasteiger partial charge in [0.15, 0.2) is 0 Å². The maximum absolute atomic E-state index is 11.8. The van der Waals surface area contributed by atoms with E-state index in [9.17, 15) is 14.4 Å². The molecule has 20 heavy (non-hydrogen) atoms. The first-order chi connectivity index (χ1) is 9.56. The van der Waals surface area contributed by atoms with E-state index in [0.29, 0.717) is 0 Å².